The van der Waals surface area contributed by atoms with E-state index in [0.717, 1.165) is 28.4 Å². The van der Waals surface area contributed by atoms with E-state index in [9.17, 15) is 0 Å². The van der Waals surface area contributed by atoms with Crippen molar-refractivity contribution in [3.8, 4) is 22.6 Å². The molecule has 0 saturated heterocycles. The second-order valence-corrected chi connectivity index (χ2v) is 4.94. The first kappa shape index (κ1) is 14.2. The maximum absolute atomic E-state index is 5.36. The molecular formula is C15H21N3O2. The van der Waals surface area contributed by atoms with E-state index in [2.05, 4.69) is 29.4 Å². The minimum Gasteiger partial charge on any atom is -0.493 e. The highest BCUT2D eigenvalue weighted by atomic mass is 16.5. The Balaban J connectivity index is 2.48. The molecule has 0 atom stereocenters. The lowest BCUT2D eigenvalue weighted by molar-refractivity contribution is 0.355. The first-order valence-electron chi connectivity index (χ1n) is 6.60. The lowest BCUT2D eigenvalue weighted by Crippen LogP contribution is -2.10. The van der Waals surface area contributed by atoms with E-state index in [1.165, 1.54) is 0 Å². The van der Waals surface area contributed by atoms with Crippen LogP contribution in [-0.2, 0) is 0 Å². The van der Waals surface area contributed by atoms with Crippen molar-refractivity contribution >= 4 is 5.82 Å². The van der Waals surface area contributed by atoms with Crippen LogP contribution in [0.5, 0.6) is 11.5 Å². The summed E-state index contributed by atoms with van der Waals surface area (Å²) in [6.45, 7) is 6.18. The second-order valence-electron chi connectivity index (χ2n) is 4.94. The van der Waals surface area contributed by atoms with E-state index in [4.69, 9.17) is 9.47 Å². The monoisotopic (exact) mass is 275 g/mol. The summed E-state index contributed by atoms with van der Waals surface area (Å²) < 4.78 is 10.6. The van der Waals surface area contributed by atoms with Gasteiger partial charge in [-0.2, -0.15) is 5.10 Å². The number of H-pyrrole nitrogens is 1. The van der Waals surface area contributed by atoms with Crippen LogP contribution in [0.2, 0.25) is 0 Å². The number of hydrogen-bond acceptors (Lipinski definition) is 4. The molecule has 5 nitrogen and oxygen atoms in total. The van der Waals surface area contributed by atoms with Crippen molar-refractivity contribution in [2.75, 3.05) is 19.5 Å². The van der Waals surface area contributed by atoms with Crippen LogP contribution < -0.4 is 14.8 Å². The molecule has 2 rings (SSSR count). The highest BCUT2D eigenvalue weighted by Crippen LogP contribution is 2.36. The summed E-state index contributed by atoms with van der Waals surface area (Å²) in [6.07, 6.45) is 0. The molecule has 0 bridgehead atoms. The Morgan fingerprint density at radius 3 is 2.45 bits per heavy atom. The third-order valence-electron chi connectivity index (χ3n) is 3.04. The van der Waals surface area contributed by atoms with E-state index in [1.54, 1.807) is 14.2 Å². The number of nitrogens with one attached hydrogen (secondary N) is 2. The summed E-state index contributed by atoms with van der Waals surface area (Å²) in [4.78, 5) is 0. The first-order valence-corrected chi connectivity index (χ1v) is 6.60. The van der Waals surface area contributed by atoms with Gasteiger partial charge in [-0.15, -0.1) is 0 Å². The lowest BCUT2D eigenvalue weighted by atomic mass is 10.0. The fraction of sp³-hybridized carbons (Fsp3) is 0.400. The molecule has 0 amide bonds. The highest BCUT2D eigenvalue weighted by Gasteiger charge is 2.15. The molecule has 2 aromatic rings. The van der Waals surface area contributed by atoms with Gasteiger partial charge in [0.2, 0.25) is 0 Å². The number of methoxy groups -OCH3 is 2. The average molecular weight is 275 g/mol. The number of ether oxygens (including phenoxy) is 2. The number of aromatic nitrogens is 2. The molecule has 20 heavy (non-hydrogen) atoms. The number of aryl methyl sites for hydroxylation is 1. The Morgan fingerprint density at radius 1 is 1.15 bits per heavy atom. The molecule has 0 fully saturated rings. The molecule has 5 heteroatoms. The molecule has 0 aliphatic carbocycles. The minimum absolute atomic E-state index is 0.316. The van der Waals surface area contributed by atoms with Gasteiger partial charge in [-0.25, -0.2) is 0 Å². The van der Waals surface area contributed by atoms with Crippen LogP contribution in [0.4, 0.5) is 5.82 Å². The minimum atomic E-state index is 0.316. The third-order valence-corrected chi connectivity index (χ3v) is 3.04. The van der Waals surface area contributed by atoms with Gasteiger partial charge in [0.25, 0.3) is 0 Å². The number of hydrogen-bond donors (Lipinski definition) is 2. The quantitative estimate of drug-likeness (QED) is 0.879. The molecule has 0 aliphatic rings. The molecule has 2 N–H and O–H groups in total. The van der Waals surface area contributed by atoms with E-state index in [0.29, 0.717) is 11.8 Å². The Bertz CT molecular complexity index is 591. The number of aromatic amines is 1. The van der Waals surface area contributed by atoms with Gasteiger partial charge >= 0.3 is 0 Å². The highest BCUT2D eigenvalue weighted by molar-refractivity contribution is 5.79. The van der Waals surface area contributed by atoms with Crippen LogP contribution in [0, 0.1) is 6.92 Å². The SMILES string of the molecule is COc1ccc(-c2c(NC(C)C)n[nH]c2C)cc1OC. The van der Waals surface area contributed by atoms with Gasteiger partial charge in [0.1, 0.15) is 0 Å². The van der Waals surface area contributed by atoms with Crippen LogP contribution >= 0.6 is 0 Å². The van der Waals surface area contributed by atoms with Gasteiger partial charge in [-0.1, -0.05) is 6.07 Å². The molecule has 0 saturated carbocycles. The molecule has 1 aromatic heterocycles. The Hall–Kier alpha value is -2.17. The maximum atomic E-state index is 5.36. The zero-order chi connectivity index (χ0) is 14.7. The van der Waals surface area contributed by atoms with Crippen LogP contribution in [0.15, 0.2) is 18.2 Å². The maximum Gasteiger partial charge on any atom is 0.161 e. The summed E-state index contributed by atoms with van der Waals surface area (Å²) in [5.41, 5.74) is 3.11. The lowest BCUT2D eigenvalue weighted by Gasteiger charge is -2.12. The van der Waals surface area contributed by atoms with Crippen molar-refractivity contribution in [2.45, 2.75) is 26.8 Å². The van der Waals surface area contributed by atoms with Crippen molar-refractivity contribution in [3.63, 3.8) is 0 Å². The normalized spacial score (nSPS) is 10.7. The molecule has 1 aromatic carbocycles. The smallest absolute Gasteiger partial charge is 0.161 e. The van der Waals surface area contributed by atoms with Gasteiger partial charge in [0.15, 0.2) is 17.3 Å². The van der Waals surface area contributed by atoms with Gasteiger partial charge in [0.05, 0.1) is 14.2 Å². The molecule has 0 unspecified atom stereocenters. The zero-order valence-electron chi connectivity index (χ0n) is 12.6. The molecule has 0 radical (unpaired) electrons. The zero-order valence-corrected chi connectivity index (χ0v) is 12.6. The van der Waals surface area contributed by atoms with Crippen molar-refractivity contribution in [1.29, 1.82) is 0 Å². The van der Waals surface area contributed by atoms with Crippen LogP contribution in [0.25, 0.3) is 11.1 Å². The number of anilines is 1. The predicted molar refractivity (Wildman–Crippen MR) is 80.6 cm³/mol. The van der Waals surface area contributed by atoms with Gasteiger partial charge in [-0.05, 0) is 38.5 Å². The van der Waals surface area contributed by atoms with Crippen molar-refractivity contribution in [2.24, 2.45) is 0 Å². The summed E-state index contributed by atoms with van der Waals surface area (Å²) >= 11 is 0. The topological polar surface area (TPSA) is 59.2 Å². The van der Waals surface area contributed by atoms with Gasteiger partial charge in [0, 0.05) is 17.3 Å². The van der Waals surface area contributed by atoms with Crippen molar-refractivity contribution in [1.82, 2.24) is 10.2 Å². The first-order chi connectivity index (χ1) is 9.56. The number of nitrogens with zero attached hydrogens (tertiary/aromatic N) is 1. The summed E-state index contributed by atoms with van der Waals surface area (Å²) in [5, 5.41) is 10.7. The van der Waals surface area contributed by atoms with E-state index in [-0.39, 0.29) is 0 Å². The van der Waals surface area contributed by atoms with Crippen LogP contribution in [0.1, 0.15) is 19.5 Å². The van der Waals surface area contributed by atoms with Crippen molar-refractivity contribution < 1.29 is 9.47 Å². The fourth-order valence-electron chi connectivity index (χ4n) is 2.15. The predicted octanol–water partition coefficient (Wildman–Crippen LogP) is 3.22. The van der Waals surface area contributed by atoms with E-state index >= 15 is 0 Å². The molecule has 0 aliphatic heterocycles. The van der Waals surface area contributed by atoms with E-state index < -0.39 is 0 Å². The Morgan fingerprint density at radius 2 is 1.85 bits per heavy atom. The standard InChI is InChI=1S/C15H21N3O2/c1-9(2)16-15-14(10(3)17-18-15)11-6-7-12(19-4)13(8-11)20-5/h6-9H,1-5H3,(H2,16,17,18). The summed E-state index contributed by atoms with van der Waals surface area (Å²) in [5.74, 6) is 2.28. The number of benzene rings is 1. The largest absolute Gasteiger partial charge is 0.493 e. The molecule has 1 heterocycles. The second kappa shape index (κ2) is 5.86. The number of rotatable bonds is 5. The fourth-order valence-corrected chi connectivity index (χ4v) is 2.15. The third kappa shape index (κ3) is 2.71. The van der Waals surface area contributed by atoms with Crippen molar-refractivity contribution in [3.05, 3.63) is 23.9 Å². The van der Waals surface area contributed by atoms with Crippen LogP contribution in [0.3, 0.4) is 0 Å². The van der Waals surface area contributed by atoms with Gasteiger partial charge < -0.3 is 14.8 Å². The summed E-state index contributed by atoms with van der Waals surface area (Å²) in [6, 6.07) is 6.18. The van der Waals surface area contributed by atoms with Gasteiger partial charge in [-0.3, -0.25) is 5.10 Å². The average Bonchev–Trinajstić information content (AvgIpc) is 2.78. The van der Waals surface area contributed by atoms with E-state index in [1.807, 2.05) is 25.1 Å². The Kier molecular flexibility index (Phi) is 4.17. The Labute approximate surface area is 119 Å². The summed E-state index contributed by atoms with van der Waals surface area (Å²) in [7, 11) is 3.27. The molecule has 108 valence electrons. The molecule has 0 spiro atoms. The van der Waals surface area contributed by atoms with Crippen LogP contribution in [-0.4, -0.2) is 30.5 Å². The molecular weight excluding hydrogens is 254 g/mol.